The van der Waals surface area contributed by atoms with Crippen molar-refractivity contribution in [1.29, 1.82) is 0 Å². The maximum Gasteiger partial charge on any atom is 0.249 e. The average molecular weight is 243 g/mol. The van der Waals surface area contributed by atoms with Crippen molar-refractivity contribution >= 4 is 5.91 Å². The molecular formula is C12H25N3O2. The fraction of sp³-hybridized carbons (Fsp3) is 0.917. The highest BCUT2D eigenvalue weighted by atomic mass is 16.5. The van der Waals surface area contributed by atoms with Crippen LogP contribution < -0.4 is 11.1 Å². The zero-order valence-corrected chi connectivity index (χ0v) is 11.1. The van der Waals surface area contributed by atoms with E-state index in [-0.39, 0.29) is 18.1 Å². The molecule has 1 fully saturated rings. The number of amides is 1. The summed E-state index contributed by atoms with van der Waals surface area (Å²) >= 11 is 0. The number of nitrogens with two attached hydrogens (primary N) is 1. The van der Waals surface area contributed by atoms with Crippen LogP contribution in [0.5, 0.6) is 0 Å². The Morgan fingerprint density at radius 1 is 1.53 bits per heavy atom. The fourth-order valence-electron chi connectivity index (χ4n) is 1.80. The van der Waals surface area contributed by atoms with Crippen LogP contribution in [0.3, 0.4) is 0 Å². The normalized spacial score (nSPS) is 24.6. The van der Waals surface area contributed by atoms with Crippen molar-refractivity contribution in [3.8, 4) is 0 Å². The van der Waals surface area contributed by atoms with E-state index in [1.54, 1.807) is 0 Å². The molecule has 1 amide bonds. The second-order valence-electron chi connectivity index (χ2n) is 4.93. The van der Waals surface area contributed by atoms with Crippen LogP contribution in [0.1, 0.15) is 26.7 Å². The standard InChI is InChI=1S/C12H25N3O2/c1-9(2)15(3)7-6-14-12(16)11-5-4-10(8-13)17-11/h9-11H,4-8,13H2,1-3H3,(H,14,16). The van der Waals surface area contributed by atoms with Crippen molar-refractivity contribution in [2.75, 3.05) is 26.7 Å². The minimum absolute atomic E-state index is 0.00175. The van der Waals surface area contributed by atoms with E-state index in [0.29, 0.717) is 19.1 Å². The monoisotopic (exact) mass is 243 g/mol. The summed E-state index contributed by atoms with van der Waals surface area (Å²) in [6, 6.07) is 0.497. The molecule has 1 heterocycles. The van der Waals surface area contributed by atoms with E-state index in [4.69, 9.17) is 10.5 Å². The molecule has 17 heavy (non-hydrogen) atoms. The molecule has 5 heteroatoms. The molecule has 1 aliphatic heterocycles. The third-order valence-corrected chi connectivity index (χ3v) is 3.31. The highest BCUT2D eigenvalue weighted by Gasteiger charge is 2.29. The molecule has 2 atom stereocenters. The van der Waals surface area contributed by atoms with E-state index >= 15 is 0 Å². The zero-order chi connectivity index (χ0) is 12.8. The molecule has 2 unspecified atom stereocenters. The lowest BCUT2D eigenvalue weighted by atomic mass is 10.2. The van der Waals surface area contributed by atoms with Gasteiger partial charge < -0.3 is 20.7 Å². The molecule has 3 N–H and O–H groups in total. The SMILES string of the molecule is CC(C)N(C)CCNC(=O)C1CCC(CN)O1. The second kappa shape index (κ2) is 6.93. The predicted octanol–water partition coefficient (Wildman–Crippen LogP) is -0.0509. The van der Waals surface area contributed by atoms with Crippen molar-refractivity contribution < 1.29 is 9.53 Å². The number of carbonyl (C=O) groups excluding carboxylic acids is 1. The maximum absolute atomic E-state index is 11.8. The van der Waals surface area contributed by atoms with Crippen LogP contribution in [0.15, 0.2) is 0 Å². The van der Waals surface area contributed by atoms with E-state index in [0.717, 1.165) is 19.4 Å². The molecule has 100 valence electrons. The van der Waals surface area contributed by atoms with Crippen LogP contribution >= 0.6 is 0 Å². The Bertz CT molecular complexity index is 246. The third kappa shape index (κ3) is 4.61. The van der Waals surface area contributed by atoms with Crippen LogP contribution in [0.25, 0.3) is 0 Å². The van der Waals surface area contributed by atoms with Crippen molar-refractivity contribution in [1.82, 2.24) is 10.2 Å². The van der Waals surface area contributed by atoms with Gasteiger partial charge in [-0.05, 0) is 33.7 Å². The first-order chi connectivity index (χ1) is 8.04. The van der Waals surface area contributed by atoms with Gasteiger partial charge in [-0.3, -0.25) is 4.79 Å². The fourth-order valence-corrected chi connectivity index (χ4v) is 1.80. The number of carbonyl (C=O) groups is 1. The molecule has 0 aromatic heterocycles. The van der Waals surface area contributed by atoms with Gasteiger partial charge in [-0.1, -0.05) is 0 Å². The zero-order valence-electron chi connectivity index (χ0n) is 11.1. The topological polar surface area (TPSA) is 67.6 Å². The first-order valence-electron chi connectivity index (χ1n) is 6.38. The number of nitrogens with zero attached hydrogens (tertiary/aromatic N) is 1. The quantitative estimate of drug-likeness (QED) is 0.686. The van der Waals surface area contributed by atoms with Gasteiger partial charge in [0.1, 0.15) is 6.10 Å². The van der Waals surface area contributed by atoms with Crippen molar-refractivity contribution in [3.05, 3.63) is 0 Å². The summed E-state index contributed by atoms with van der Waals surface area (Å²) in [4.78, 5) is 14.0. The third-order valence-electron chi connectivity index (χ3n) is 3.31. The maximum atomic E-state index is 11.8. The van der Waals surface area contributed by atoms with Gasteiger partial charge in [0.2, 0.25) is 5.91 Å². The van der Waals surface area contributed by atoms with Crippen LogP contribution in [0.4, 0.5) is 0 Å². The van der Waals surface area contributed by atoms with Crippen molar-refractivity contribution in [2.45, 2.75) is 44.9 Å². The molecular weight excluding hydrogens is 218 g/mol. The Morgan fingerprint density at radius 2 is 2.24 bits per heavy atom. The van der Waals surface area contributed by atoms with Gasteiger partial charge in [0.05, 0.1) is 6.10 Å². The molecule has 1 aliphatic rings. The second-order valence-corrected chi connectivity index (χ2v) is 4.93. The minimum Gasteiger partial charge on any atom is -0.364 e. The van der Waals surface area contributed by atoms with Crippen LogP contribution in [0, 0.1) is 0 Å². The van der Waals surface area contributed by atoms with Gasteiger partial charge in [-0.15, -0.1) is 0 Å². The van der Waals surface area contributed by atoms with Gasteiger partial charge >= 0.3 is 0 Å². The molecule has 0 saturated carbocycles. The van der Waals surface area contributed by atoms with Crippen molar-refractivity contribution in [2.24, 2.45) is 5.73 Å². The first-order valence-corrected chi connectivity index (χ1v) is 6.38. The number of hydrogen-bond acceptors (Lipinski definition) is 4. The Hall–Kier alpha value is -0.650. The molecule has 1 rings (SSSR count). The number of rotatable bonds is 6. The summed E-state index contributed by atoms with van der Waals surface area (Å²) in [5.74, 6) is -0.00175. The van der Waals surface area contributed by atoms with Gasteiger partial charge in [0, 0.05) is 25.7 Å². The largest absolute Gasteiger partial charge is 0.364 e. The van der Waals surface area contributed by atoms with E-state index < -0.39 is 0 Å². The smallest absolute Gasteiger partial charge is 0.249 e. The summed E-state index contributed by atoms with van der Waals surface area (Å²) in [5.41, 5.74) is 5.51. The number of ether oxygens (including phenoxy) is 1. The molecule has 0 bridgehead atoms. The number of hydrogen-bond donors (Lipinski definition) is 2. The number of likely N-dealkylation sites (N-methyl/N-ethyl adjacent to an activating group) is 1. The summed E-state index contributed by atoms with van der Waals surface area (Å²) < 4.78 is 5.53. The van der Waals surface area contributed by atoms with Crippen LogP contribution in [-0.4, -0.2) is 55.7 Å². The van der Waals surface area contributed by atoms with Crippen LogP contribution in [0.2, 0.25) is 0 Å². The van der Waals surface area contributed by atoms with E-state index in [9.17, 15) is 4.79 Å². The Labute approximate surface area is 104 Å². The highest BCUT2D eigenvalue weighted by Crippen LogP contribution is 2.18. The Morgan fingerprint density at radius 3 is 2.76 bits per heavy atom. The van der Waals surface area contributed by atoms with Gasteiger partial charge in [-0.25, -0.2) is 0 Å². The Balaban J connectivity index is 2.17. The van der Waals surface area contributed by atoms with E-state index in [1.807, 2.05) is 7.05 Å². The molecule has 0 radical (unpaired) electrons. The highest BCUT2D eigenvalue weighted by molar-refractivity contribution is 5.81. The van der Waals surface area contributed by atoms with Gasteiger partial charge in [0.15, 0.2) is 0 Å². The Kier molecular flexibility index (Phi) is 5.88. The molecule has 0 aliphatic carbocycles. The summed E-state index contributed by atoms with van der Waals surface area (Å²) in [6.07, 6.45) is 1.44. The molecule has 0 aromatic rings. The first kappa shape index (κ1) is 14.4. The predicted molar refractivity (Wildman–Crippen MR) is 67.7 cm³/mol. The minimum atomic E-state index is -0.298. The van der Waals surface area contributed by atoms with E-state index in [1.165, 1.54) is 0 Å². The molecule has 0 aromatic carbocycles. The summed E-state index contributed by atoms with van der Waals surface area (Å²) in [6.45, 7) is 6.29. The van der Waals surface area contributed by atoms with E-state index in [2.05, 4.69) is 24.1 Å². The molecule has 0 spiro atoms. The lowest BCUT2D eigenvalue weighted by molar-refractivity contribution is -0.131. The van der Waals surface area contributed by atoms with Gasteiger partial charge in [-0.2, -0.15) is 0 Å². The summed E-state index contributed by atoms with van der Waals surface area (Å²) in [7, 11) is 2.05. The molecule has 1 saturated heterocycles. The lowest BCUT2D eigenvalue weighted by Gasteiger charge is -2.21. The average Bonchev–Trinajstić information content (AvgIpc) is 2.77. The number of nitrogens with one attached hydrogen (secondary N) is 1. The summed E-state index contributed by atoms with van der Waals surface area (Å²) in [5, 5.41) is 2.91. The van der Waals surface area contributed by atoms with Gasteiger partial charge in [0.25, 0.3) is 0 Å². The molecule has 5 nitrogen and oxygen atoms in total. The lowest BCUT2D eigenvalue weighted by Crippen LogP contribution is -2.40. The van der Waals surface area contributed by atoms with Crippen molar-refractivity contribution in [3.63, 3.8) is 0 Å². The van der Waals surface area contributed by atoms with Crippen LogP contribution in [-0.2, 0) is 9.53 Å².